The Morgan fingerprint density at radius 3 is 2.44 bits per heavy atom. The number of nitrogens with zero attached hydrogens (tertiary/aromatic N) is 2. The molecule has 0 aliphatic carbocycles. The SMILES string of the molecule is CNC(=O)C(C#N)=C1SC=C(c2ccc(Br)cc2)N1c1ccccc1. The van der Waals surface area contributed by atoms with E-state index in [1.807, 2.05) is 71.0 Å². The number of amides is 1. The Morgan fingerprint density at radius 2 is 1.84 bits per heavy atom. The van der Waals surface area contributed by atoms with E-state index in [-0.39, 0.29) is 5.57 Å². The Bertz CT molecular complexity index is 899. The number of para-hydroxylation sites is 1. The van der Waals surface area contributed by atoms with Gasteiger partial charge in [0.1, 0.15) is 16.7 Å². The molecule has 2 aromatic rings. The molecule has 0 unspecified atom stereocenters. The Balaban J connectivity index is 2.15. The summed E-state index contributed by atoms with van der Waals surface area (Å²) in [4.78, 5) is 14.1. The van der Waals surface area contributed by atoms with Crippen LogP contribution in [-0.2, 0) is 4.79 Å². The van der Waals surface area contributed by atoms with Crippen LogP contribution in [0.2, 0.25) is 0 Å². The summed E-state index contributed by atoms with van der Waals surface area (Å²) >= 11 is 4.82. The maximum absolute atomic E-state index is 12.1. The van der Waals surface area contributed by atoms with Gasteiger partial charge in [-0.25, -0.2) is 0 Å². The fourth-order valence-corrected chi connectivity index (χ4v) is 3.76. The molecule has 1 aliphatic heterocycles. The zero-order valence-electron chi connectivity index (χ0n) is 13.4. The summed E-state index contributed by atoms with van der Waals surface area (Å²) in [6, 6.07) is 19.7. The van der Waals surface area contributed by atoms with Gasteiger partial charge >= 0.3 is 0 Å². The summed E-state index contributed by atoms with van der Waals surface area (Å²) < 4.78 is 0.993. The van der Waals surface area contributed by atoms with Crippen LogP contribution in [0.1, 0.15) is 5.56 Å². The van der Waals surface area contributed by atoms with E-state index in [2.05, 4.69) is 21.2 Å². The molecule has 0 radical (unpaired) electrons. The van der Waals surface area contributed by atoms with Gasteiger partial charge in [-0.2, -0.15) is 5.26 Å². The van der Waals surface area contributed by atoms with Crippen molar-refractivity contribution in [3.63, 3.8) is 0 Å². The molecule has 3 rings (SSSR count). The fourth-order valence-electron chi connectivity index (χ4n) is 2.47. The lowest BCUT2D eigenvalue weighted by Gasteiger charge is -2.24. The number of nitrogens with one attached hydrogen (secondary N) is 1. The monoisotopic (exact) mass is 411 g/mol. The highest BCUT2D eigenvalue weighted by Crippen LogP contribution is 2.44. The highest BCUT2D eigenvalue weighted by Gasteiger charge is 2.29. The third kappa shape index (κ3) is 3.48. The number of thioether (sulfide) groups is 1. The topological polar surface area (TPSA) is 56.1 Å². The van der Waals surface area contributed by atoms with Crippen molar-refractivity contribution >= 4 is 45.0 Å². The highest BCUT2D eigenvalue weighted by atomic mass is 79.9. The van der Waals surface area contributed by atoms with Crippen LogP contribution in [0.5, 0.6) is 0 Å². The Morgan fingerprint density at radius 1 is 1.16 bits per heavy atom. The van der Waals surface area contributed by atoms with Crippen LogP contribution in [0.15, 0.2) is 75.1 Å². The molecular weight excluding hydrogens is 398 g/mol. The maximum atomic E-state index is 12.1. The highest BCUT2D eigenvalue weighted by molar-refractivity contribution is 9.10. The molecule has 1 N–H and O–H groups in total. The van der Waals surface area contributed by atoms with Crippen molar-refractivity contribution in [3.8, 4) is 6.07 Å². The summed E-state index contributed by atoms with van der Waals surface area (Å²) in [5, 5.41) is 14.6. The van der Waals surface area contributed by atoms with Crippen molar-refractivity contribution in [1.29, 1.82) is 5.26 Å². The minimum Gasteiger partial charge on any atom is -0.354 e. The van der Waals surface area contributed by atoms with Crippen molar-refractivity contribution < 1.29 is 4.79 Å². The lowest BCUT2D eigenvalue weighted by molar-refractivity contribution is -0.116. The first-order chi connectivity index (χ1) is 12.2. The van der Waals surface area contributed by atoms with Crippen molar-refractivity contribution in [2.45, 2.75) is 0 Å². The molecule has 6 heteroatoms. The molecule has 0 bridgehead atoms. The predicted molar refractivity (Wildman–Crippen MR) is 105 cm³/mol. The first-order valence-electron chi connectivity index (χ1n) is 7.50. The van der Waals surface area contributed by atoms with E-state index < -0.39 is 5.91 Å². The molecule has 2 aromatic carbocycles. The molecule has 0 spiro atoms. The van der Waals surface area contributed by atoms with Crippen molar-refractivity contribution in [2.75, 3.05) is 11.9 Å². The first kappa shape index (κ1) is 17.3. The maximum Gasteiger partial charge on any atom is 0.264 e. The van der Waals surface area contributed by atoms with Gasteiger partial charge in [0.25, 0.3) is 5.91 Å². The van der Waals surface area contributed by atoms with Gasteiger partial charge in [-0.3, -0.25) is 4.79 Å². The number of nitriles is 1. The summed E-state index contributed by atoms with van der Waals surface area (Å²) in [5.41, 5.74) is 2.92. The number of halogens is 1. The smallest absolute Gasteiger partial charge is 0.264 e. The van der Waals surface area contributed by atoms with E-state index in [1.54, 1.807) is 0 Å². The van der Waals surface area contributed by atoms with Crippen molar-refractivity contribution in [3.05, 3.63) is 80.6 Å². The van der Waals surface area contributed by atoms with Crippen LogP contribution in [0.3, 0.4) is 0 Å². The molecule has 1 aliphatic rings. The molecule has 0 fully saturated rings. The number of anilines is 1. The number of hydrogen-bond donors (Lipinski definition) is 1. The van der Waals surface area contributed by atoms with Crippen LogP contribution >= 0.6 is 27.7 Å². The number of benzene rings is 2. The van der Waals surface area contributed by atoms with Gasteiger partial charge in [0.2, 0.25) is 0 Å². The van der Waals surface area contributed by atoms with Gasteiger partial charge in [0.15, 0.2) is 0 Å². The van der Waals surface area contributed by atoms with Crippen LogP contribution in [0, 0.1) is 11.3 Å². The Labute approximate surface area is 159 Å². The van der Waals surface area contributed by atoms with Crippen LogP contribution in [0.25, 0.3) is 5.70 Å². The van der Waals surface area contributed by atoms with E-state index >= 15 is 0 Å². The first-order valence-corrected chi connectivity index (χ1v) is 9.17. The molecule has 124 valence electrons. The van der Waals surface area contributed by atoms with Crippen LogP contribution in [-0.4, -0.2) is 13.0 Å². The van der Waals surface area contributed by atoms with Gasteiger partial charge < -0.3 is 10.2 Å². The average Bonchev–Trinajstić information content (AvgIpc) is 3.08. The largest absolute Gasteiger partial charge is 0.354 e. The molecular formula is C19H14BrN3OS. The van der Waals surface area contributed by atoms with E-state index in [1.165, 1.54) is 18.8 Å². The second-order valence-corrected chi connectivity index (χ2v) is 6.94. The summed E-state index contributed by atoms with van der Waals surface area (Å²) in [6.45, 7) is 0. The zero-order valence-corrected chi connectivity index (χ0v) is 15.8. The Kier molecular flexibility index (Phi) is 5.27. The molecule has 25 heavy (non-hydrogen) atoms. The van der Waals surface area contributed by atoms with Crippen LogP contribution in [0.4, 0.5) is 5.69 Å². The number of carbonyl (C=O) groups excluding carboxylic acids is 1. The number of carbonyl (C=O) groups is 1. The summed E-state index contributed by atoms with van der Waals surface area (Å²) in [6.07, 6.45) is 0. The van der Waals surface area contributed by atoms with Crippen molar-refractivity contribution in [1.82, 2.24) is 5.32 Å². The molecule has 0 aromatic heterocycles. The van der Waals surface area contributed by atoms with Gasteiger partial charge in [0, 0.05) is 22.6 Å². The third-order valence-electron chi connectivity index (χ3n) is 3.66. The van der Waals surface area contributed by atoms with E-state index in [4.69, 9.17) is 0 Å². The summed E-state index contributed by atoms with van der Waals surface area (Å²) in [5.74, 6) is -0.392. The molecule has 1 heterocycles. The van der Waals surface area contributed by atoms with Gasteiger partial charge in [-0.15, -0.1) is 0 Å². The van der Waals surface area contributed by atoms with Gasteiger partial charge in [0.05, 0.1) is 5.70 Å². The fraction of sp³-hybridized carbons (Fsp3) is 0.0526. The quantitative estimate of drug-likeness (QED) is 0.597. The zero-order chi connectivity index (χ0) is 17.8. The lowest BCUT2D eigenvalue weighted by Crippen LogP contribution is -2.24. The molecule has 0 saturated carbocycles. The molecule has 0 saturated heterocycles. The Hall–Kier alpha value is -2.49. The average molecular weight is 412 g/mol. The number of hydrogen-bond acceptors (Lipinski definition) is 4. The molecule has 0 atom stereocenters. The number of rotatable bonds is 3. The summed E-state index contributed by atoms with van der Waals surface area (Å²) in [7, 11) is 1.52. The minimum absolute atomic E-state index is 0.0970. The van der Waals surface area contributed by atoms with E-state index in [0.717, 1.165) is 21.4 Å². The molecule has 1 amide bonds. The second-order valence-electron chi connectivity index (χ2n) is 5.17. The standard InChI is InChI=1S/C19H14BrN3OS/c1-22-18(24)16(11-21)19-23(15-5-3-2-4-6-15)17(12-25-19)13-7-9-14(20)10-8-13/h2-10,12H,1H3,(H,22,24). The van der Waals surface area contributed by atoms with Gasteiger partial charge in [-0.1, -0.05) is 58.0 Å². The van der Waals surface area contributed by atoms with E-state index in [9.17, 15) is 10.1 Å². The normalized spacial score (nSPS) is 15.4. The lowest BCUT2D eigenvalue weighted by atomic mass is 10.1. The third-order valence-corrected chi connectivity index (χ3v) is 5.14. The van der Waals surface area contributed by atoms with Crippen LogP contribution < -0.4 is 10.2 Å². The second kappa shape index (κ2) is 7.60. The van der Waals surface area contributed by atoms with E-state index in [0.29, 0.717) is 5.03 Å². The van der Waals surface area contributed by atoms with Crippen molar-refractivity contribution in [2.24, 2.45) is 0 Å². The predicted octanol–water partition coefficient (Wildman–Crippen LogP) is 4.48. The number of likely N-dealkylation sites (N-methyl/N-ethyl adjacent to an activating group) is 1. The molecule has 4 nitrogen and oxygen atoms in total. The van der Waals surface area contributed by atoms with Gasteiger partial charge in [-0.05, 0) is 29.8 Å². The minimum atomic E-state index is -0.392.